The maximum atomic E-state index is 12.1. The summed E-state index contributed by atoms with van der Waals surface area (Å²) in [4.78, 5) is 11.7. The van der Waals surface area contributed by atoms with E-state index in [-0.39, 0.29) is 10.8 Å². The topological polar surface area (TPSA) is 101 Å². The molecule has 1 aromatic carbocycles. The van der Waals surface area contributed by atoms with E-state index in [9.17, 15) is 13.2 Å². The predicted octanol–water partition coefficient (Wildman–Crippen LogP) is 0.589. The molecule has 1 aromatic rings. The number of benzene rings is 1. The summed E-state index contributed by atoms with van der Waals surface area (Å²) in [5, 5.41) is 2.78. The third-order valence-electron chi connectivity index (χ3n) is 3.18. The van der Waals surface area contributed by atoms with Crippen LogP contribution in [0.5, 0.6) is 0 Å². The highest BCUT2D eigenvalue weighted by atomic mass is 32.2. The third-order valence-corrected chi connectivity index (χ3v) is 4.64. The van der Waals surface area contributed by atoms with Crippen LogP contribution in [0, 0.1) is 0 Å². The molecular weight excluding hydrogens is 278 g/mol. The summed E-state index contributed by atoms with van der Waals surface area (Å²) in [5.41, 5.74) is 6.90. The minimum Gasteiger partial charge on any atom is -0.330 e. The molecule has 0 aromatic heterocycles. The Morgan fingerprint density at radius 1 is 1.30 bits per heavy atom. The number of amides is 1. The van der Waals surface area contributed by atoms with Crippen molar-refractivity contribution >= 4 is 21.6 Å². The highest BCUT2D eigenvalue weighted by Crippen LogP contribution is 2.25. The zero-order chi connectivity index (χ0) is 14.6. The maximum Gasteiger partial charge on any atom is 0.240 e. The first-order valence-corrected chi connectivity index (χ1v) is 8.14. The molecular formula is C13H19N3O3S. The fourth-order valence-corrected chi connectivity index (χ4v) is 3.23. The molecule has 0 saturated carbocycles. The van der Waals surface area contributed by atoms with Gasteiger partial charge in [0.05, 0.1) is 4.90 Å². The molecule has 0 atom stereocenters. The monoisotopic (exact) mass is 297 g/mol. The number of nitrogens with two attached hydrogens (primary N) is 1. The summed E-state index contributed by atoms with van der Waals surface area (Å²) in [6, 6.07) is 4.79. The first-order valence-electron chi connectivity index (χ1n) is 6.65. The van der Waals surface area contributed by atoms with Crippen LogP contribution in [0.4, 0.5) is 5.69 Å². The van der Waals surface area contributed by atoms with Gasteiger partial charge in [-0.05, 0) is 49.6 Å². The third kappa shape index (κ3) is 3.56. The van der Waals surface area contributed by atoms with Crippen LogP contribution in [0.15, 0.2) is 23.1 Å². The van der Waals surface area contributed by atoms with Crippen molar-refractivity contribution in [3.63, 3.8) is 0 Å². The molecule has 0 unspecified atom stereocenters. The van der Waals surface area contributed by atoms with Gasteiger partial charge in [0.15, 0.2) is 0 Å². The van der Waals surface area contributed by atoms with E-state index >= 15 is 0 Å². The largest absolute Gasteiger partial charge is 0.330 e. The molecule has 6 nitrogen and oxygen atoms in total. The van der Waals surface area contributed by atoms with Gasteiger partial charge in [-0.3, -0.25) is 4.79 Å². The number of fused-ring (bicyclic) bond motifs is 1. The number of hydrogen-bond donors (Lipinski definition) is 3. The second-order valence-electron chi connectivity index (χ2n) is 4.76. The zero-order valence-electron chi connectivity index (χ0n) is 11.2. The molecule has 0 aliphatic carbocycles. The summed E-state index contributed by atoms with van der Waals surface area (Å²) in [6.07, 6.45) is 2.48. The van der Waals surface area contributed by atoms with Crippen molar-refractivity contribution in [3.8, 4) is 0 Å². The van der Waals surface area contributed by atoms with Crippen molar-refractivity contribution < 1.29 is 13.2 Å². The van der Waals surface area contributed by atoms with E-state index in [2.05, 4.69) is 10.0 Å². The van der Waals surface area contributed by atoms with Crippen LogP contribution >= 0.6 is 0 Å². The number of rotatable bonds is 5. The minimum absolute atomic E-state index is 0.0274. The predicted molar refractivity (Wildman–Crippen MR) is 76.9 cm³/mol. The van der Waals surface area contributed by atoms with E-state index in [0.29, 0.717) is 38.0 Å². The van der Waals surface area contributed by atoms with E-state index in [4.69, 9.17) is 5.73 Å². The van der Waals surface area contributed by atoms with Gasteiger partial charge in [0.2, 0.25) is 15.9 Å². The fourth-order valence-electron chi connectivity index (χ4n) is 2.11. The first kappa shape index (κ1) is 15.0. The Kier molecular flexibility index (Phi) is 4.74. The van der Waals surface area contributed by atoms with Gasteiger partial charge in [-0.25, -0.2) is 13.1 Å². The van der Waals surface area contributed by atoms with Gasteiger partial charge in [0.25, 0.3) is 0 Å². The van der Waals surface area contributed by atoms with E-state index < -0.39 is 10.0 Å². The summed E-state index contributed by atoms with van der Waals surface area (Å²) in [7, 11) is -3.51. The average Bonchev–Trinajstić information content (AvgIpc) is 2.58. The number of anilines is 1. The second-order valence-corrected chi connectivity index (χ2v) is 6.53. The smallest absolute Gasteiger partial charge is 0.240 e. The highest BCUT2D eigenvalue weighted by Gasteiger charge is 2.18. The molecule has 1 amide bonds. The van der Waals surface area contributed by atoms with E-state index in [1.165, 1.54) is 6.07 Å². The Bertz CT molecular complexity index is 599. The Morgan fingerprint density at radius 3 is 2.85 bits per heavy atom. The Balaban J connectivity index is 2.22. The quantitative estimate of drug-likeness (QED) is 0.692. The summed E-state index contributed by atoms with van der Waals surface area (Å²) in [5.74, 6) is -0.0274. The molecule has 4 N–H and O–H groups in total. The Hall–Kier alpha value is -1.44. The minimum atomic E-state index is -3.51. The molecule has 1 aliphatic rings. The molecule has 20 heavy (non-hydrogen) atoms. The number of nitrogens with one attached hydrogen (secondary N) is 2. The fraction of sp³-hybridized carbons (Fsp3) is 0.462. The standard InChI is InChI=1S/C13H19N3O3S/c14-7-2-8-15-20(18,19)11-5-6-12-10(9-11)3-1-4-13(17)16-12/h5-6,9,15H,1-4,7-8,14H2,(H,16,17). The van der Waals surface area contributed by atoms with Crippen LogP contribution < -0.4 is 15.8 Å². The van der Waals surface area contributed by atoms with Crippen molar-refractivity contribution in [1.29, 1.82) is 0 Å². The first-order chi connectivity index (χ1) is 9.53. The van der Waals surface area contributed by atoms with Crippen LogP contribution in [0.2, 0.25) is 0 Å². The molecule has 0 fully saturated rings. The van der Waals surface area contributed by atoms with E-state index in [1.54, 1.807) is 12.1 Å². The SMILES string of the molecule is NCCCNS(=O)(=O)c1ccc2c(c1)CCCC(=O)N2. The molecule has 0 spiro atoms. The van der Waals surface area contributed by atoms with E-state index in [0.717, 1.165) is 12.0 Å². The van der Waals surface area contributed by atoms with Crippen LogP contribution in [0.3, 0.4) is 0 Å². The molecule has 0 saturated heterocycles. The number of aryl methyl sites for hydroxylation is 1. The van der Waals surface area contributed by atoms with Crippen LogP contribution in [-0.2, 0) is 21.2 Å². The molecule has 0 bridgehead atoms. The van der Waals surface area contributed by atoms with Crippen molar-refractivity contribution in [2.45, 2.75) is 30.6 Å². The number of carbonyl (C=O) groups is 1. The van der Waals surface area contributed by atoms with Crippen LogP contribution in [0.25, 0.3) is 0 Å². The highest BCUT2D eigenvalue weighted by molar-refractivity contribution is 7.89. The van der Waals surface area contributed by atoms with Crippen LogP contribution in [0.1, 0.15) is 24.8 Å². The van der Waals surface area contributed by atoms with Crippen molar-refractivity contribution in [2.24, 2.45) is 5.73 Å². The molecule has 0 radical (unpaired) electrons. The van der Waals surface area contributed by atoms with Gasteiger partial charge >= 0.3 is 0 Å². The lowest BCUT2D eigenvalue weighted by Crippen LogP contribution is -2.26. The molecule has 1 aliphatic heterocycles. The summed E-state index contributed by atoms with van der Waals surface area (Å²) >= 11 is 0. The Labute approximate surface area is 118 Å². The van der Waals surface area contributed by atoms with Gasteiger partial charge in [-0.1, -0.05) is 0 Å². The van der Waals surface area contributed by atoms with Crippen molar-refractivity contribution in [2.75, 3.05) is 18.4 Å². The van der Waals surface area contributed by atoms with Crippen molar-refractivity contribution in [1.82, 2.24) is 4.72 Å². The lowest BCUT2D eigenvalue weighted by Gasteiger charge is -2.10. The average molecular weight is 297 g/mol. The maximum absolute atomic E-state index is 12.1. The lowest BCUT2D eigenvalue weighted by molar-refractivity contribution is -0.116. The molecule has 7 heteroatoms. The summed E-state index contributed by atoms with van der Waals surface area (Å²) < 4.78 is 26.7. The van der Waals surface area contributed by atoms with Crippen LogP contribution in [-0.4, -0.2) is 27.4 Å². The molecule has 2 rings (SSSR count). The number of hydrogen-bond acceptors (Lipinski definition) is 4. The summed E-state index contributed by atoms with van der Waals surface area (Å²) in [6.45, 7) is 0.769. The number of sulfonamides is 1. The van der Waals surface area contributed by atoms with Gasteiger partial charge in [-0.15, -0.1) is 0 Å². The second kappa shape index (κ2) is 6.34. The normalized spacial score (nSPS) is 15.3. The van der Waals surface area contributed by atoms with Gasteiger partial charge < -0.3 is 11.1 Å². The molecule has 1 heterocycles. The van der Waals surface area contributed by atoms with Gasteiger partial charge in [-0.2, -0.15) is 0 Å². The van der Waals surface area contributed by atoms with Gasteiger partial charge in [0, 0.05) is 18.7 Å². The lowest BCUT2D eigenvalue weighted by atomic mass is 10.1. The van der Waals surface area contributed by atoms with Crippen molar-refractivity contribution in [3.05, 3.63) is 23.8 Å². The Morgan fingerprint density at radius 2 is 2.10 bits per heavy atom. The zero-order valence-corrected chi connectivity index (χ0v) is 12.0. The van der Waals surface area contributed by atoms with Gasteiger partial charge in [0.1, 0.15) is 0 Å². The molecule has 110 valence electrons. The van der Waals surface area contributed by atoms with E-state index in [1.807, 2.05) is 0 Å². The number of carbonyl (C=O) groups excluding carboxylic acids is 1.